The average Bonchev–Trinajstić information content (AvgIpc) is 2.56. The van der Waals surface area contributed by atoms with Gasteiger partial charge in [0.2, 0.25) is 0 Å². The second-order valence-electron chi connectivity index (χ2n) is 5.47. The molecule has 0 aliphatic carbocycles. The zero-order chi connectivity index (χ0) is 17.4. The first-order chi connectivity index (χ1) is 11.6. The van der Waals surface area contributed by atoms with Gasteiger partial charge in [-0.3, -0.25) is 0 Å². The molecule has 0 heterocycles. The maximum atomic E-state index is 11.3. The van der Waals surface area contributed by atoms with Crippen LogP contribution in [0.4, 0.5) is 0 Å². The molecule has 1 N–H and O–H groups in total. The van der Waals surface area contributed by atoms with Crippen molar-refractivity contribution in [2.24, 2.45) is 0 Å². The van der Waals surface area contributed by atoms with Crippen molar-refractivity contribution in [1.82, 2.24) is 0 Å². The number of rotatable bonds is 9. The largest absolute Gasteiger partial charge is 0.493 e. The van der Waals surface area contributed by atoms with Gasteiger partial charge in [0.05, 0.1) is 18.8 Å². The lowest BCUT2D eigenvalue weighted by Crippen LogP contribution is -2.18. The number of hydrogen-bond donors (Lipinski definition) is 1. The molecule has 1 atom stereocenters. The second-order valence-corrected chi connectivity index (χ2v) is 5.47. The molecule has 24 heavy (non-hydrogen) atoms. The molecule has 0 radical (unpaired) electrons. The lowest BCUT2D eigenvalue weighted by Gasteiger charge is -2.15. The molecule has 0 aliphatic heterocycles. The third-order valence-electron chi connectivity index (χ3n) is 3.37. The van der Waals surface area contributed by atoms with E-state index >= 15 is 0 Å². The maximum absolute atomic E-state index is 11.3. The van der Waals surface area contributed by atoms with Crippen molar-refractivity contribution >= 4 is 5.97 Å². The standard InChI is InChI=1S/C19H22O5/c1-14(13-22-2)24-18-11-16(19(20)21)10-17(12-18)23-9-8-15-6-4-3-5-7-15/h3-7,10-12,14H,8-9,13H2,1-2H3,(H,20,21)/t14-/m0/s1. The van der Waals surface area contributed by atoms with Crippen LogP contribution in [0.25, 0.3) is 0 Å². The van der Waals surface area contributed by atoms with E-state index in [1.807, 2.05) is 37.3 Å². The summed E-state index contributed by atoms with van der Waals surface area (Å²) < 4.78 is 16.4. The molecule has 0 bridgehead atoms. The molecule has 5 nitrogen and oxygen atoms in total. The first-order valence-electron chi connectivity index (χ1n) is 7.79. The minimum Gasteiger partial charge on any atom is -0.493 e. The van der Waals surface area contributed by atoms with Crippen LogP contribution < -0.4 is 9.47 Å². The number of hydrogen-bond acceptors (Lipinski definition) is 4. The number of benzene rings is 2. The molecule has 0 spiro atoms. The van der Waals surface area contributed by atoms with Crippen molar-refractivity contribution in [2.45, 2.75) is 19.4 Å². The fourth-order valence-corrected chi connectivity index (χ4v) is 2.28. The highest BCUT2D eigenvalue weighted by molar-refractivity contribution is 5.88. The van der Waals surface area contributed by atoms with E-state index in [0.717, 1.165) is 12.0 Å². The summed E-state index contributed by atoms with van der Waals surface area (Å²) in [5.74, 6) is -0.0904. The normalized spacial score (nSPS) is 11.8. The van der Waals surface area contributed by atoms with Gasteiger partial charge in [-0.1, -0.05) is 30.3 Å². The molecule has 0 saturated heterocycles. The zero-order valence-corrected chi connectivity index (χ0v) is 13.9. The summed E-state index contributed by atoms with van der Waals surface area (Å²) in [5, 5.41) is 9.24. The molecule has 0 fully saturated rings. The van der Waals surface area contributed by atoms with Gasteiger partial charge in [-0.2, -0.15) is 0 Å². The smallest absolute Gasteiger partial charge is 0.335 e. The van der Waals surface area contributed by atoms with Crippen LogP contribution in [0, 0.1) is 0 Å². The summed E-state index contributed by atoms with van der Waals surface area (Å²) in [6.07, 6.45) is 0.560. The van der Waals surface area contributed by atoms with E-state index < -0.39 is 5.97 Å². The molecule has 0 unspecified atom stereocenters. The summed E-state index contributed by atoms with van der Waals surface area (Å²) in [4.78, 5) is 11.3. The molecule has 0 saturated carbocycles. The molecular formula is C19H22O5. The number of aromatic carboxylic acids is 1. The van der Waals surface area contributed by atoms with E-state index in [9.17, 15) is 9.90 Å². The highest BCUT2D eigenvalue weighted by Crippen LogP contribution is 2.24. The van der Waals surface area contributed by atoms with E-state index in [0.29, 0.717) is 24.7 Å². The van der Waals surface area contributed by atoms with Gasteiger partial charge < -0.3 is 19.3 Å². The zero-order valence-electron chi connectivity index (χ0n) is 13.9. The van der Waals surface area contributed by atoms with Crippen LogP contribution in [0.3, 0.4) is 0 Å². The molecule has 2 aromatic carbocycles. The molecule has 0 amide bonds. The lowest BCUT2D eigenvalue weighted by atomic mass is 10.1. The molecule has 128 valence electrons. The Morgan fingerprint density at radius 2 is 1.83 bits per heavy atom. The van der Waals surface area contributed by atoms with E-state index in [4.69, 9.17) is 14.2 Å². The molecule has 0 aromatic heterocycles. The van der Waals surface area contributed by atoms with Gasteiger partial charge in [-0.25, -0.2) is 4.79 Å². The van der Waals surface area contributed by atoms with Gasteiger partial charge in [0, 0.05) is 19.6 Å². The number of methoxy groups -OCH3 is 1. The first kappa shape index (κ1) is 17.8. The van der Waals surface area contributed by atoms with Crippen LogP contribution in [-0.2, 0) is 11.2 Å². The maximum Gasteiger partial charge on any atom is 0.335 e. The Hall–Kier alpha value is -2.53. The Morgan fingerprint density at radius 1 is 1.12 bits per heavy atom. The number of ether oxygens (including phenoxy) is 3. The summed E-state index contributed by atoms with van der Waals surface area (Å²) in [6.45, 7) is 2.73. The fourth-order valence-electron chi connectivity index (χ4n) is 2.28. The Kier molecular flexibility index (Phi) is 6.63. The van der Waals surface area contributed by atoms with Crippen LogP contribution in [0.2, 0.25) is 0 Å². The molecule has 2 aromatic rings. The third-order valence-corrected chi connectivity index (χ3v) is 3.37. The van der Waals surface area contributed by atoms with Crippen molar-refractivity contribution in [2.75, 3.05) is 20.3 Å². The van der Waals surface area contributed by atoms with Crippen molar-refractivity contribution < 1.29 is 24.1 Å². The van der Waals surface area contributed by atoms with E-state index in [-0.39, 0.29) is 11.7 Å². The predicted octanol–water partition coefficient (Wildman–Crippen LogP) is 3.42. The van der Waals surface area contributed by atoms with E-state index in [1.54, 1.807) is 13.2 Å². The molecule has 2 rings (SSSR count). The van der Waals surface area contributed by atoms with Crippen molar-refractivity contribution in [3.05, 3.63) is 59.7 Å². The van der Waals surface area contributed by atoms with Crippen molar-refractivity contribution in [3.8, 4) is 11.5 Å². The van der Waals surface area contributed by atoms with Crippen LogP contribution in [0.1, 0.15) is 22.8 Å². The van der Waals surface area contributed by atoms with Gasteiger partial charge in [0.25, 0.3) is 0 Å². The highest BCUT2D eigenvalue weighted by Gasteiger charge is 2.11. The van der Waals surface area contributed by atoms with Gasteiger partial charge in [0.1, 0.15) is 17.6 Å². The lowest BCUT2D eigenvalue weighted by molar-refractivity contribution is 0.0693. The fraction of sp³-hybridized carbons (Fsp3) is 0.316. The number of carboxylic acids is 1. The highest BCUT2D eigenvalue weighted by atomic mass is 16.5. The van der Waals surface area contributed by atoms with Crippen molar-refractivity contribution in [1.29, 1.82) is 0 Å². The third kappa shape index (κ3) is 5.59. The predicted molar refractivity (Wildman–Crippen MR) is 91.0 cm³/mol. The topological polar surface area (TPSA) is 65.0 Å². The Balaban J connectivity index is 2.04. The Morgan fingerprint density at radius 3 is 2.50 bits per heavy atom. The SMILES string of the molecule is COC[C@H](C)Oc1cc(OCCc2ccccc2)cc(C(=O)O)c1. The summed E-state index contributed by atoms with van der Waals surface area (Å²) in [6, 6.07) is 14.7. The average molecular weight is 330 g/mol. The van der Waals surface area contributed by atoms with Crippen molar-refractivity contribution in [3.63, 3.8) is 0 Å². The molecule has 0 aliphatic rings. The van der Waals surface area contributed by atoms with Gasteiger partial charge >= 0.3 is 5.97 Å². The van der Waals surface area contributed by atoms with E-state index in [1.165, 1.54) is 12.1 Å². The molecular weight excluding hydrogens is 308 g/mol. The van der Waals surface area contributed by atoms with Crippen LogP contribution >= 0.6 is 0 Å². The Bertz CT molecular complexity index is 654. The monoisotopic (exact) mass is 330 g/mol. The number of carbonyl (C=O) groups is 1. The van der Waals surface area contributed by atoms with Gasteiger partial charge in [-0.05, 0) is 24.6 Å². The first-order valence-corrected chi connectivity index (χ1v) is 7.79. The van der Waals surface area contributed by atoms with E-state index in [2.05, 4.69) is 0 Å². The van der Waals surface area contributed by atoms with Gasteiger partial charge in [-0.15, -0.1) is 0 Å². The Labute approximate surface area is 141 Å². The summed E-state index contributed by atoms with van der Waals surface area (Å²) in [5.41, 5.74) is 1.30. The summed E-state index contributed by atoms with van der Waals surface area (Å²) >= 11 is 0. The number of carboxylic acid groups (broad SMARTS) is 1. The molecule has 5 heteroatoms. The van der Waals surface area contributed by atoms with Crippen LogP contribution in [-0.4, -0.2) is 37.5 Å². The van der Waals surface area contributed by atoms with Gasteiger partial charge in [0.15, 0.2) is 0 Å². The second kappa shape index (κ2) is 8.93. The minimum atomic E-state index is -1.02. The van der Waals surface area contributed by atoms with Crippen LogP contribution in [0.15, 0.2) is 48.5 Å². The van der Waals surface area contributed by atoms with Crippen LogP contribution in [0.5, 0.6) is 11.5 Å². The minimum absolute atomic E-state index is 0.131. The quantitative estimate of drug-likeness (QED) is 0.763. The summed E-state index contributed by atoms with van der Waals surface area (Å²) in [7, 11) is 1.59.